The fourth-order valence-electron chi connectivity index (χ4n) is 2.85. The van der Waals surface area contributed by atoms with Crippen molar-refractivity contribution in [3.05, 3.63) is 0 Å². The largest absolute Gasteiger partial charge is 0.368 e. The van der Waals surface area contributed by atoms with Crippen LogP contribution in [0.5, 0.6) is 0 Å². The van der Waals surface area contributed by atoms with Crippen molar-refractivity contribution in [3.8, 4) is 0 Å². The molecule has 2 atom stereocenters. The molecular formula is C12H21N3O4S. The molecule has 2 heterocycles. The van der Waals surface area contributed by atoms with Gasteiger partial charge in [-0.15, -0.1) is 0 Å². The number of likely N-dealkylation sites (tertiary alicyclic amines) is 1. The molecule has 2 saturated heterocycles. The molecule has 2 rings (SSSR count). The van der Waals surface area contributed by atoms with E-state index in [0.29, 0.717) is 19.5 Å². The second kappa shape index (κ2) is 6.09. The van der Waals surface area contributed by atoms with Crippen LogP contribution in [0.2, 0.25) is 0 Å². The number of sulfone groups is 1. The average molecular weight is 303 g/mol. The second-order valence-corrected chi connectivity index (χ2v) is 7.70. The lowest BCUT2D eigenvalue weighted by atomic mass is 10.0. The van der Waals surface area contributed by atoms with E-state index in [1.807, 2.05) is 0 Å². The van der Waals surface area contributed by atoms with Crippen LogP contribution >= 0.6 is 0 Å². The summed E-state index contributed by atoms with van der Waals surface area (Å²) in [5.74, 6) is -0.579. The van der Waals surface area contributed by atoms with Crippen molar-refractivity contribution in [1.82, 2.24) is 10.2 Å². The summed E-state index contributed by atoms with van der Waals surface area (Å²) in [6, 6.07) is -0.909. The highest BCUT2D eigenvalue weighted by molar-refractivity contribution is 7.91. The number of hydrogen-bond acceptors (Lipinski definition) is 5. The molecule has 7 nitrogen and oxygen atoms in total. The Bertz CT molecular complexity index is 491. The number of piperidine rings is 1. The number of amides is 2. The monoisotopic (exact) mass is 303 g/mol. The van der Waals surface area contributed by atoms with Gasteiger partial charge in [0.15, 0.2) is 9.84 Å². The third-order valence-corrected chi connectivity index (χ3v) is 5.61. The second-order valence-electron chi connectivity index (χ2n) is 5.47. The van der Waals surface area contributed by atoms with E-state index < -0.39 is 21.8 Å². The maximum absolute atomic E-state index is 12.3. The predicted molar refractivity (Wildman–Crippen MR) is 73.6 cm³/mol. The maximum Gasteiger partial charge on any atom is 0.240 e. The Morgan fingerprint density at radius 2 is 2.05 bits per heavy atom. The van der Waals surface area contributed by atoms with Crippen molar-refractivity contribution in [2.75, 3.05) is 24.6 Å². The van der Waals surface area contributed by atoms with Crippen molar-refractivity contribution in [1.29, 1.82) is 0 Å². The van der Waals surface area contributed by atoms with Gasteiger partial charge in [-0.05, 0) is 19.3 Å². The van der Waals surface area contributed by atoms with Crippen LogP contribution in [0.15, 0.2) is 0 Å². The van der Waals surface area contributed by atoms with Crippen LogP contribution in [0.25, 0.3) is 0 Å². The Balaban J connectivity index is 1.98. The lowest BCUT2D eigenvalue weighted by molar-refractivity contribution is -0.141. The number of rotatable bonds is 3. The van der Waals surface area contributed by atoms with Crippen molar-refractivity contribution in [2.45, 2.75) is 37.8 Å². The SMILES string of the molecule is NC(=O)C1CCCCN1C(=O)CC1CS(=O)(=O)CCN1. The molecule has 0 aromatic rings. The van der Waals surface area contributed by atoms with Crippen LogP contribution in [0, 0.1) is 0 Å². The molecule has 114 valence electrons. The molecule has 3 N–H and O–H groups in total. The topological polar surface area (TPSA) is 110 Å². The average Bonchev–Trinajstić information content (AvgIpc) is 2.37. The molecule has 2 aliphatic heterocycles. The van der Waals surface area contributed by atoms with Crippen LogP contribution in [-0.2, 0) is 19.4 Å². The molecule has 2 aliphatic rings. The zero-order chi connectivity index (χ0) is 14.8. The summed E-state index contributed by atoms with van der Waals surface area (Å²) >= 11 is 0. The van der Waals surface area contributed by atoms with Gasteiger partial charge >= 0.3 is 0 Å². The van der Waals surface area contributed by atoms with Gasteiger partial charge in [0.2, 0.25) is 11.8 Å². The first-order valence-electron chi connectivity index (χ1n) is 6.91. The zero-order valence-electron chi connectivity index (χ0n) is 11.4. The molecule has 0 bridgehead atoms. The number of primary amides is 1. The van der Waals surface area contributed by atoms with E-state index in [-0.39, 0.29) is 29.9 Å². The van der Waals surface area contributed by atoms with E-state index in [1.54, 1.807) is 0 Å². The van der Waals surface area contributed by atoms with Crippen LogP contribution in [-0.4, -0.2) is 61.8 Å². The maximum atomic E-state index is 12.3. The minimum Gasteiger partial charge on any atom is -0.368 e. The van der Waals surface area contributed by atoms with Crippen LogP contribution in [0.1, 0.15) is 25.7 Å². The number of carbonyl (C=O) groups is 2. The summed E-state index contributed by atoms with van der Waals surface area (Å²) in [6.45, 7) is 0.894. The summed E-state index contributed by atoms with van der Waals surface area (Å²) in [4.78, 5) is 25.2. The summed E-state index contributed by atoms with van der Waals surface area (Å²) in [5, 5.41) is 3.05. The standard InChI is InChI=1S/C12H21N3O4S/c13-12(17)10-3-1-2-5-15(10)11(16)7-9-8-20(18,19)6-4-14-9/h9-10,14H,1-8H2,(H2,13,17). The van der Waals surface area contributed by atoms with Crippen LogP contribution < -0.4 is 11.1 Å². The van der Waals surface area contributed by atoms with E-state index in [1.165, 1.54) is 4.90 Å². The van der Waals surface area contributed by atoms with E-state index in [4.69, 9.17) is 5.73 Å². The first kappa shape index (κ1) is 15.2. The van der Waals surface area contributed by atoms with Gasteiger partial charge in [0, 0.05) is 25.6 Å². The van der Waals surface area contributed by atoms with Gasteiger partial charge < -0.3 is 16.0 Å². The van der Waals surface area contributed by atoms with E-state index >= 15 is 0 Å². The first-order chi connectivity index (χ1) is 9.39. The van der Waals surface area contributed by atoms with E-state index in [2.05, 4.69) is 5.32 Å². The fourth-order valence-corrected chi connectivity index (χ4v) is 4.30. The molecule has 0 saturated carbocycles. The molecule has 0 spiro atoms. The number of hydrogen-bond donors (Lipinski definition) is 2. The van der Waals surface area contributed by atoms with Gasteiger partial charge in [-0.1, -0.05) is 0 Å². The summed E-state index contributed by atoms with van der Waals surface area (Å²) in [7, 11) is -3.06. The molecular weight excluding hydrogens is 282 g/mol. The van der Waals surface area contributed by atoms with Gasteiger partial charge in [-0.3, -0.25) is 9.59 Å². The number of nitrogens with zero attached hydrogens (tertiary/aromatic N) is 1. The smallest absolute Gasteiger partial charge is 0.240 e. The molecule has 2 amide bonds. The molecule has 0 aromatic carbocycles. The highest BCUT2D eigenvalue weighted by atomic mass is 32.2. The third-order valence-electron chi connectivity index (χ3n) is 3.87. The summed E-state index contributed by atoms with van der Waals surface area (Å²) in [6.07, 6.45) is 2.43. The summed E-state index contributed by atoms with van der Waals surface area (Å²) in [5.41, 5.74) is 5.33. The summed E-state index contributed by atoms with van der Waals surface area (Å²) < 4.78 is 23.1. The molecule has 0 aliphatic carbocycles. The number of nitrogens with two attached hydrogens (primary N) is 1. The molecule has 0 radical (unpaired) electrons. The lowest BCUT2D eigenvalue weighted by Gasteiger charge is -2.35. The normalized spacial score (nSPS) is 29.9. The predicted octanol–water partition coefficient (Wildman–Crippen LogP) is -1.37. The highest BCUT2D eigenvalue weighted by Crippen LogP contribution is 2.19. The quantitative estimate of drug-likeness (QED) is 0.668. The Kier molecular flexibility index (Phi) is 4.64. The molecule has 8 heteroatoms. The van der Waals surface area contributed by atoms with Crippen LogP contribution in [0.3, 0.4) is 0 Å². The first-order valence-corrected chi connectivity index (χ1v) is 8.74. The number of nitrogens with one attached hydrogen (secondary N) is 1. The van der Waals surface area contributed by atoms with Gasteiger partial charge in [-0.25, -0.2) is 8.42 Å². The molecule has 2 unspecified atom stereocenters. The Hall–Kier alpha value is -1.15. The Labute approximate surface area is 118 Å². The van der Waals surface area contributed by atoms with Gasteiger partial charge in [0.25, 0.3) is 0 Å². The Morgan fingerprint density at radius 3 is 2.70 bits per heavy atom. The van der Waals surface area contributed by atoms with Crippen LogP contribution in [0.4, 0.5) is 0 Å². The molecule has 2 fully saturated rings. The molecule has 20 heavy (non-hydrogen) atoms. The van der Waals surface area contributed by atoms with Crippen molar-refractivity contribution < 1.29 is 18.0 Å². The van der Waals surface area contributed by atoms with E-state index in [9.17, 15) is 18.0 Å². The van der Waals surface area contributed by atoms with E-state index in [0.717, 1.165) is 12.8 Å². The minimum atomic E-state index is -3.06. The van der Waals surface area contributed by atoms with Crippen molar-refractivity contribution >= 4 is 21.7 Å². The van der Waals surface area contributed by atoms with Gasteiger partial charge in [-0.2, -0.15) is 0 Å². The Morgan fingerprint density at radius 1 is 1.30 bits per heavy atom. The fraction of sp³-hybridized carbons (Fsp3) is 0.833. The van der Waals surface area contributed by atoms with Gasteiger partial charge in [0.1, 0.15) is 6.04 Å². The zero-order valence-corrected chi connectivity index (χ0v) is 12.2. The van der Waals surface area contributed by atoms with Gasteiger partial charge in [0.05, 0.1) is 11.5 Å². The minimum absolute atomic E-state index is 0.0200. The number of carbonyl (C=O) groups excluding carboxylic acids is 2. The lowest BCUT2D eigenvalue weighted by Crippen LogP contribution is -2.53. The van der Waals surface area contributed by atoms with Crippen molar-refractivity contribution in [2.24, 2.45) is 5.73 Å². The third kappa shape index (κ3) is 3.69. The molecule has 0 aromatic heterocycles. The highest BCUT2D eigenvalue weighted by Gasteiger charge is 2.33. The van der Waals surface area contributed by atoms with Crippen molar-refractivity contribution in [3.63, 3.8) is 0 Å².